The van der Waals surface area contributed by atoms with Crippen LogP contribution >= 0.6 is 0 Å². The van der Waals surface area contributed by atoms with Gasteiger partial charge in [-0.25, -0.2) is 11.6 Å². The van der Waals surface area contributed by atoms with E-state index in [0.29, 0.717) is 5.92 Å². The van der Waals surface area contributed by atoms with Crippen LogP contribution in [0.25, 0.3) is 0 Å². The minimum atomic E-state index is 0. The van der Waals surface area contributed by atoms with E-state index in [9.17, 15) is 0 Å². The van der Waals surface area contributed by atoms with Gasteiger partial charge in [-0.3, -0.25) is 6.08 Å². The Kier molecular flexibility index (Phi) is 5.04. The van der Waals surface area contributed by atoms with Gasteiger partial charge in [0.25, 0.3) is 0 Å². The molecule has 0 aromatic heterocycles. The average molecular weight is 251 g/mol. The normalized spacial score (nSPS) is 15.7. The summed E-state index contributed by atoms with van der Waals surface area (Å²) in [6, 6.07) is 0. The second-order valence-corrected chi connectivity index (χ2v) is 2.39. The zero-order valence-electron chi connectivity index (χ0n) is 5.94. The van der Waals surface area contributed by atoms with E-state index in [1.807, 2.05) is 0 Å². The maximum absolute atomic E-state index is 3.26. The Morgan fingerprint density at radius 3 is 2.44 bits per heavy atom. The second-order valence-electron chi connectivity index (χ2n) is 2.39. The monoisotopic (exact) mass is 249 g/mol. The second kappa shape index (κ2) is 4.62. The molecule has 0 aromatic carbocycles. The summed E-state index contributed by atoms with van der Waals surface area (Å²) in [5, 5.41) is 0. The van der Waals surface area contributed by atoms with Crippen LogP contribution in [0.1, 0.15) is 20.3 Å². The molecule has 1 aliphatic carbocycles. The van der Waals surface area contributed by atoms with Crippen molar-refractivity contribution >= 4 is 0 Å². The van der Waals surface area contributed by atoms with E-state index in [0.717, 1.165) is 6.42 Å². The summed E-state index contributed by atoms with van der Waals surface area (Å²) in [6.07, 6.45) is 8.59. The van der Waals surface area contributed by atoms with E-state index in [1.165, 1.54) is 5.57 Å². The van der Waals surface area contributed by atoms with Gasteiger partial charge in [-0.1, -0.05) is 19.8 Å². The molecule has 0 saturated heterocycles. The summed E-state index contributed by atoms with van der Waals surface area (Å²) in [6.45, 7) is 4.38. The molecular formula is C8H11Nd-. The van der Waals surface area contributed by atoms with Crippen LogP contribution in [0, 0.1) is 52.8 Å². The molecule has 1 aliphatic rings. The fourth-order valence-corrected chi connectivity index (χ4v) is 0.818. The molecule has 0 heterocycles. The molecule has 0 N–H and O–H groups in total. The zero-order valence-corrected chi connectivity index (χ0v) is 9.15. The number of hydrogen-bond acceptors (Lipinski definition) is 0. The molecule has 0 atom stereocenters. The molecule has 0 nitrogen and oxygen atoms in total. The Morgan fingerprint density at radius 2 is 2.22 bits per heavy atom. The summed E-state index contributed by atoms with van der Waals surface area (Å²) < 4.78 is 0. The third-order valence-corrected chi connectivity index (χ3v) is 1.34. The summed E-state index contributed by atoms with van der Waals surface area (Å²) in [7, 11) is 0. The molecular weight excluding hydrogens is 240 g/mol. The van der Waals surface area contributed by atoms with Gasteiger partial charge >= 0.3 is 0 Å². The van der Waals surface area contributed by atoms with Crippen molar-refractivity contribution in [3.05, 3.63) is 23.8 Å². The van der Waals surface area contributed by atoms with Crippen molar-refractivity contribution in [2.24, 2.45) is 5.92 Å². The number of hydrogen-bond donors (Lipinski definition) is 0. The van der Waals surface area contributed by atoms with E-state index in [-0.39, 0.29) is 40.8 Å². The predicted octanol–water partition coefficient (Wildman–Crippen LogP) is 2.33. The van der Waals surface area contributed by atoms with Crippen LogP contribution in [0.15, 0.2) is 17.7 Å². The Hall–Kier alpha value is 0.831. The van der Waals surface area contributed by atoms with Crippen LogP contribution in [0.3, 0.4) is 0 Å². The van der Waals surface area contributed by atoms with Gasteiger partial charge in [-0.05, 0) is 0 Å². The van der Waals surface area contributed by atoms with Gasteiger partial charge in [0.05, 0.1) is 0 Å². The summed E-state index contributed by atoms with van der Waals surface area (Å²) in [5.74, 6) is 0.661. The van der Waals surface area contributed by atoms with Crippen LogP contribution in [0.2, 0.25) is 0 Å². The van der Waals surface area contributed by atoms with Crippen molar-refractivity contribution in [2.45, 2.75) is 20.3 Å². The van der Waals surface area contributed by atoms with Crippen molar-refractivity contribution in [1.82, 2.24) is 0 Å². The molecule has 1 heteroatoms. The first-order valence-electron chi connectivity index (χ1n) is 3.08. The smallest absolute Gasteiger partial charge is 0 e. The predicted molar refractivity (Wildman–Crippen MR) is 35.4 cm³/mol. The van der Waals surface area contributed by atoms with E-state index in [4.69, 9.17) is 0 Å². The third kappa shape index (κ3) is 2.94. The Labute approximate surface area is 89.9 Å². The van der Waals surface area contributed by atoms with Gasteiger partial charge < -0.3 is 0 Å². The molecule has 0 radical (unpaired) electrons. The summed E-state index contributed by atoms with van der Waals surface area (Å²) in [5.41, 5.74) is 1.37. The number of allylic oxidation sites excluding steroid dienone is 4. The molecule has 0 aliphatic heterocycles. The maximum atomic E-state index is 3.26. The molecule has 0 bridgehead atoms. The quantitative estimate of drug-likeness (QED) is 0.628. The molecule has 0 spiro atoms. The molecule has 0 saturated carbocycles. The third-order valence-electron chi connectivity index (χ3n) is 1.34. The molecule has 0 fully saturated rings. The molecule has 48 valence electrons. The first kappa shape index (κ1) is 9.83. The Bertz CT molecular complexity index is 132. The summed E-state index contributed by atoms with van der Waals surface area (Å²) >= 11 is 0. The van der Waals surface area contributed by atoms with Gasteiger partial charge in [0, 0.05) is 40.8 Å². The van der Waals surface area contributed by atoms with E-state index >= 15 is 0 Å². The van der Waals surface area contributed by atoms with E-state index in [1.54, 1.807) is 0 Å². The molecule has 0 unspecified atom stereocenters. The van der Waals surface area contributed by atoms with Gasteiger partial charge in [-0.15, -0.1) is 6.42 Å². The summed E-state index contributed by atoms with van der Waals surface area (Å²) in [4.78, 5) is 0. The van der Waals surface area contributed by atoms with Crippen molar-refractivity contribution in [2.75, 3.05) is 0 Å². The van der Waals surface area contributed by atoms with Crippen LogP contribution in [0.4, 0.5) is 0 Å². The van der Waals surface area contributed by atoms with Gasteiger partial charge in [0.2, 0.25) is 0 Å². The van der Waals surface area contributed by atoms with Gasteiger partial charge in [0.1, 0.15) is 0 Å². The molecule has 0 aromatic rings. The zero-order chi connectivity index (χ0) is 5.98. The standard InChI is InChI=1S/C8H11.Nd/c1-7(2)8-5-3-4-6-8;/h3,5,7H,4H2,1-2H3;/q-1;. The fraction of sp³-hybridized carbons (Fsp3) is 0.500. The molecule has 0 amide bonds. The van der Waals surface area contributed by atoms with Gasteiger partial charge in [0.15, 0.2) is 0 Å². The molecule has 1 rings (SSSR count). The first-order chi connectivity index (χ1) is 3.80. The minimum absolute atomic E-state index is 0. The Morgan fingerprint density at radius 1 is 1.56 bits per heavy atom. The van der Waals surface area contributed by atoms with Crippen LogP contribution in [-0.4, -0.2) is 0 Å². The van der Waals surface area contributed by atoms with Gasteiger partial charge in [-0.2, -0.15) is 6.08 Å². The SMILES string of the molecule is CC(C)C1=[C-]CC=C1.[Nd]. The van der Waals surface area contributed by atoms with Crippen molar-refractivity contribution < 1.29 is 40.8 Å². The average Bonchev–Trinajstić information content (AvgIpc) is 2.12. The largest absolute Gasteiger partial charge is 0.269 e. The first-order valence-corrected chi connectivity index (χ1v) is 3.08. The van der Waals surface area contributed by atoms with Crippen LogP contribution in [0.5, 0.6) is 0 Å². The maximum Gasteiger partial charge on any atom is 0 e. The number of rotatable bonds is 1. The van der Waals surface area contributed by atoms with Crippen molar-refractivity contribution in [3.8, 4) is 0 Å². The van der Waals surface area contributed by atoms with Crippen LogP contribution < -0.4 is 0 Å². The van der Waals surface area contributed by atoms with E-state index in [2.05, 4.69) is 32.1 Å². The Balaban J connectivity index is 0.000000640. The molecule has 9 heavy (non-hydrogen) atoms. The van der Waals surface area contributed by atoms with Crippen molar-refractivity contribution in [3.63, 3.8) is 0 Å². The van der Waals surface area contributed by atoms with E-state index < -0.39 is 0 Å². The van der Waals surface area contributed by atoms with Crippen LogP contribution in [-0.2, 0) is 0 Å². The van der Waals surface area contributed by atoms with Crippen molar-refractivity contribution in [1.29, 1.82) is 0 Å². The topological polar surface area (TPSA) is 0 Å². The fourth-order valence-electron chi connectivity index (χ4n) is 0.818. The minimum Gasteiger partial charge on any atom is -0.269 e.